The van der Waals surface area contributed by atoms with Gasteiger partial charge in [-0.15, -0.1) is 11.8 Å². The van der Waals surface area contributed by atoms with Crippen LogP contribution in [-0.4, -0.2) is 51.4 Å². The monoisotopic (exact) mass is 296 g/mol. The van der Waals surface area contributed by atoms with Crippen molar-refractivity contribution in [3.8, 4) is 0 Å². The Hall–Kier alpha value is -0.710. The smallest absolute Gasteiger partial charge is 0.246 e. The van der Waals surface area contributed by atoms with Crippen molar-refractivity contribution in [3.63, 3.8) is 0 Å². The molecule has 112 valence electrons. The van der Waals surface area contributed by atoms with Crippen LogP contribution in [0.5, 0.6) is 0 Å². The third-order valence-electron chi connectivity index (χ3n) is 4.71. The van der Waals surface area contributed by atoms with E-state index in [-0.39, 0.29) is 22.7 Å². The number of carbonyl (C=O) groups is 2. The van der Waals surface area contributed by atoms with Crippen molar-refractivity contribution in [1.29, 1.82) is 0 Å². The van der Waals surface area contributed by atoms with Gasteiger partial charge in [0.2, 0.25) is 11.8 Å². The Kier molecular flexibility index (Phi) is 3.73. The molecule has 3 fully saturated rings. The van der Waals surface area contributed by atoms with Crippen LogP contribution in [-0.2, 0) is 9.59 Å². The molecule has 0 bridgehead atoms. The van der Waals surface area contributed by atoms with Crippen molar-refractivity contribution < 1.29 is 9.59 Å². The Balaban J connectivity index is 1.73. The highest BCUT2D eigenvalue weighted by atomic mass is 32.2. The second-order valence-electron chi connectivity index (χ2n) is 6.49. The van der Waals surface area contributed by atoms with E-state index in [0.29, 0.717) is 12.3 Å². The molecular weight excluding hydrogens is 272 g/mol. The zero-order valence-electron chi connectivity index (χ0n) is 12.4. The number of rotatable bonds is 5. The Morgan fingerprint density at radius 1 is 1.50 bits per heavy atom. The third kappa shape index (κ3) is 2.45. The number of hydrogen-bond donors (Lipinski definition) is 0. The second-order valence-corrected chi connectivity index (χ2v) is 7.99. The van der Waals surface area contributed by atoms with Crippen molar-refractivity contribution in [2.45, 2.75) is 56.9 Å². The van der Waals surface area contributed by atoms with Gasteiger partial charge >= 0.3 is 0 Å². The third-order valence-corrected chi connectivity index (χ3v) is 6.22. The van der Waals surface area contributed by atoms with Crippen LogP contribution < -0.4 is 0 Å². The summed E-state index contributed by atoms with van der Waals surface area (Å²) in [5.41, 5.74) is 0. The summed E-state index contributed by atoms with van der Waals surface area (Å²) < 4.78 is 0. The molecule has 0 spiro atoms. The summed E-state index contributed by atoms with van der Waals surface area (Å²) in [4.78, 5) is 28.7. The average molecular weight is 296 g/mol. The highest BCUT2D eigenvalue weighted by Crippen LogP contribution is 2.47. The number of nitrogens with zero attached hydrogens (tertiary/aromatic N) is 2. The molecule has 3 aliphatic rings. The summed E-state index contributed by atoms with van der Waals surface area (Å²) in [5, 5.41) is 0. The molecule has 2 aliphatic heterocycles. The van der Waals surface area contributed by atoms with Crippen LogP contribution in [0.2, 0.25) is 0 Å². The summed E-state index contributed by atoms with van der Waals surface area (Å²) in [6, 6.07) is -0.217. The minimum absolute atomic E-state index is 0.130. The van der Waals surface area contributed by atoms with E-state index >= 15 is 0 Å². The van der Waals surface area contributed by atoms with E-state index in [1.807, 2.05) is 9.80 Å². The first kappa shape index (κ1) is 14.2. The lowest BCUT2D eigenvalue weighted by Gasteiger charge is -2.33. The fraction of sp³-hybridized carbons (Fsp3) is 0.867. The predicted octanol–water partition coefficient (Wildman–Crippen LogP) is 2.09. The minimum Gasteiger partial charge on any atom is -0.341 e. The van der Waals surface area contributed by atoms with E-state index in [1.165, 1.54) is 12.8 Å². The number of hydrogen-bond acceptors (Lipinski definition) is 3. The van der Waals surface area contributed by atoms with Gasteiger partial charge in [-0.1, -0.05) is 6.92 Å². The first-order chi connectivity index (χ1) is 9.55. The van der Waals surface area contributed by atoms with Crippen molar-refractivity contribution in [1.82, 2.24) is 9.80 Å². The lowest BCUT2D eigenvalue weighted by atomic mass is 10.2. The van der Waals surface area contributed by atoms with Gasteiger partial charge in [-0.2, -0.15) is 0 Å². The fourth-order valence-corrected chi connectivity index (χ4v) is 4.81. The maximum atomic E-state index is 12.8. The van der Waals surface area contributed by atoms with E-state index in [9.17, 15) is 9.59 Å². The molecule has 20 heavy (non-hydrogen) atoms. The van der Waals surface area contributed by atoms with Gasteiger partial charge in [-0.25, -0.2) is 0 Å². The first-order valence-electron chi connectivity index (χ1n) is 7.80. The summed E-state index contributed by atoms with van der Waals surface area (Å²) in [6.07, 6.45) is 4.99. The van der Waals surface area contributed by atoms with Crippen LogP contribution in [0.3, 0.4) is 0 Å². The zero-order chi connectivity index (χ0) is 14.3. The minimum atomic E-state index is -0.217. The normalized spacial score (nSPS) is 32.6. The number of amides is 2. The van der Waals surface area contributed by atoms with Crippen LogP contribution in [0.1, 0.15) is 46.0 Å². The molecule has 2 unspecified atom stereocenters. The molecule has 4 nitrogen and oxygen atoms in total. The van der Waals surface area contributed by atoms with Gasteiger partial charge in [0, 0.05) is 25.3 Å². The topological polar surface area (TPSA) is 40.6 Å². The van der Waals surface area contributed by atoms with Gasteiger partial charge in [0.15, 0.2) is 0 Å². The largest absolute Gasteiger partial charge is 0.341 e. The molecule has 0 aromatic carbocycles. The fourth-order valence-electron chi connectivity index (χ4n) is 3.39. The summed E-state index contributed by atoms with van der Waals surface area (Å²) in [7, 11) is 0. The van der Waals surface area contributed by atoms with Crippen LogP contribution in [0.4, 0.5) is 0 Å². The van der Waals surface area contributed by atoms with Gasteiger partial charge in [0.1, 0.15) is 6.04 Å². The summed E-state index contributed by atoms with van der Waals surface area (Å²) >= 11 is 1.78. The lowest BCUT2D eigenvalue weighted by Crippen LogP contribution is -2.51. The summed E-state index contributed by atoms with van der Waals surface area (Å²) in [6.45, 7) is 5.95. The van der Waals surface area contributed by atoms with E-state index in [1.54, 1.807) is 11.8 Å². The van der Waals surface area contributed by atoms with E-state index in [2.05, 4.69) is 13.8 Å². The first-order valence-corrected chi connectivity index (χ1v) is 8.78. The highest BCUT2D eigenvalue weighted by Gasteiger charge is 2.53. The molecule has 2 atom stereocenters. The van der Waals surface area contributed by atoms with Crippen molar-refractivity contribution >= 4 is 23.6 Å². The Morgan fingerprint density at radius 2 is 2.25 bits per heavy atom. The van der Waals surface area contributed by atoms with Gasteiger partial charge < -0.3 is 9.80 Å². The SMILES string of the molecule is CCCN(CC1CC1)C(=O)C1CSC2(C)CCC(=O)N12. The molecule has 2 heterocycles. The van der Waals surface area contributed by atoms with Gasteiger partial charge in [0.05, 0.1) is 4.87 Å². The lowest BCUT2D eigenvalue weighted by molar-refractivity contribution is -0.143. The number of fused-ring (bicyclic) bond motifs is 1. The van der Waals surface area contributed by atoms with Crippen LogP contribution in [0.25, 0.3) is 0 Å². The van der Waals surface area contributed by atoms with Crippen LogP contribution >= 0.6 is 11.8 Å². The molecule has 2 amide bonds. The molecule has 0 radical (unpaired) electrons. The standard InChI is InChI=1S/C15H24N2O2S/c1-3-8-16(9-11-4-5-11)14(19)12-10-20-15(2)7-6-13(18)17(12)15/h11-12H,3-10H2,1-2H3. The van der Waals surface area contributed by atoms with E-state index in [4.69, 9.17) is 0 Å². The molecule has 1 aliphatic carbocycles. The molecule has 5 heteroatoms. The predicted molar refractivity (Wildman–Crippen MR) is 80.3 cm³/mol. The van der Waals surface area contributed by atoms with E-state index < -0.39 is 0 Å². The Bertz CT molecular complexity index is 424. The zero-order valence-corrected chi connectivity index (χ0v) is 13.2. The van der Waals surface area contributed by atoms with E-state index in [0.717, 1.165) is 31.7 Å². The van der Waals surface area contributed by atoms with Crippen molar-refractivity contribution in [2.75, 3.05) is 18.8 Å². The molecular formula is C15H24N2O2S. The van der Waals surface area contributed by atoms with Crippen LogP contribution in [0, 0.1) is 5.92 Å². The molecule has 2 saturated heterocycles. The molecule has 0 aromatic heterocycles. The molecule has 0 aromatic rings. The maximum Gasteiger partial charge on any atom is 0.246 e. The molecule has 1 saturated carbocycles. The van der Waals surface area contributed by atoms with Gasteiger partial charge in [0.25, 0.3) is 0 Å². The summed E-state index contributed by atoms with van der Waals surface area (Å²) in [5.74, 6) is 1.83. The Morgan fingerprint density at radius 3 is 2.90 bits per heavy atom. The molecule has 0 N–H and O–H groups in total. The Labute approximate surface area is 125 Å². The number of thioether (sulfide) groups is 1. The molecule has 3 rings (SSSR count). The van der Waals surface area contributed by atoms with Crippen LogP contribution in [0.15, 0.2) is 0 Å². The van der Waals surface area contributed by atoms with Crippen molar-refractivity contribution in [2.24, 2.45) is 5.92 Å². The average Bonchev–Trinajstić information content (AvgIpc) is 3.09. The number of carbonyl (C=O) groups excluding carboxylic acids is 2. The van der Waals surface area contributed by atoms with Gasteiger partial charge in [-0.3, -0.25) is 9.59 Å². The van der Waals surface area contributed by atoms with Crippen molar-refractivity contribution in [3.05, 3.63) is 0 Å². The van der Waals surface area contributed by atoms with Gasteiger partial charge in [-0.05, 0) is 38.5 Å². The maximum absolute atomic E-state index is 12.8. The quantitative estimate of drug-likeness (QED) is 0.780. The highest BCUT2D eigenvalue weighted by molar-refractivity contribution is 8.01. The second kappa shape index (κ2) is 5.24.